The van der Waals surface area contributed by atoms with Crippen LogP contribution in [0.25, 0.3) is 78.3 Å². The van der Waals surface area contributed by atoms with E-state index in [9.17, 15) is 0 Å². The average molecular weight is 1060 g/mol. The topological polar surface area (TPSA) is 38.7 Å². The van der Waals surface area contributed by atoms with E-state index in [0.29, 0.717) is 0 Å². The van der Waals surface area contributed by atoms with E-state index in [0.717, 1.165) is 102 Å². The van der Waals surface area contributed by atoms with Gasteiger partial charge in [-0.15, -0.1) is 99.6 Å². The van der Waals surface area contributed by atoms with Crippen LogP contribution < -0.4 is 0 Å². The Kier molecular flexibility index (Phi) is 12.6. The summed E-state index contributed by atoms with van der Waals surface area (Å²) in [6.45, 7) is 0. The number of rotatable bonds is 11. The molecule has 12 rings (SSSR count). The molecule has 10 aromatic rings. The Morgan fingerprint density at radius 1 is 0.348 bits per heavy atom. The van der Waals surface area contributed by atoms with Gasteiger partial charge in [0, 0.05) is 18.6 Å². The molecule has 0 amide bonds. The van der Waals surface area contributed by atoms with Crippen molar-refractivity contribution in [2.45, 2.75) is 51.4 Å². The number of pyridine rings is 3. The van der Waals surface area contributed by atoms with Crippen LogP contribution in [0.1, 0.15) is 44.5 Å². The van der Waals surface area contributed by atoms with Crippen LogP contribution in [-0.4, -0.2) is 15.0 Å². The molecule has 332 valence electrons. The third kappa shape index (κ3) is 9.31. The molecule has 4 heteroatoms. The monoisotopic (exact) mass is 1060 g/mol. The van der Waals surface area contributed by atoms with E-state index in [1.807, 2.05) is 30.7 Å². The zero-order valence-corrected chi connectivity index (χ0v) is 40.7. The quantitative estimate of drug-likeness (QED) is 0.121. The molecule has 2 aliphatic rings. The fourth-order valence-electron chi connectivity index (χ4n) is 10.3. The fraction of sp³-hybridized carbons (Fsp3) is 0.123. The molecule has 0 spiro atoms. The second kappa shape index (κ2) is 19.7. The molecule has 0 N–H and O–H groups in total. The van der Waals surface area contributed by atoms with E-state index < -0.39 is 0 Å². The van der Waals surface area contributed by atoms with Crippen molar-refractivity contribution in [1.82, 2.24) is 15.0 Å². The summed E-state index contributed by atoms with van der Waals surface area (Å²) in [6.07, 6.45) is 13.6. The van der Waals surface area contributed by atoms with Gasteiger partial charge in [0.1, 0.15) is 0 Å². The van der Waals surface area contributed by atoms with Crippen molar-refractivity contribution in [3.05, 3.63) is 257 Å². The predicted octanol–water partition coefficient (Wildman–Crippen LogP) is 14.7. The summed E-state index contributed by atoms with van der Waals surface area (Å²) < 4.78 is 0. The van der Waals surface area contributed by atoms with E-state index >= 15 is 0 Å². The van der Waals surface area contributed by atoms with E-state index in [-0.39, 0.29) is 20.1 Å². The molecular weight excluding hydrogens is 1010 g/mol. The number of aromatic nitrogens is 3. The zero-order valence-electron chi connectivity index (χ0n) is 38.3. The minimum Gasteiger partial charge on any atom is -0.305 e. The van der Waals surface area contributed by atoms with Gasteiger partial charge >= 0.3 is 20.1 Å². The first-order valence-electron chi connectivity index (χ1n) is 24.0. The van der Waals surface area contributed by atoms with Gasteiger partial charge < -0.3 is 15.0 Å². The number of nitrogens with zero attached hydrogens (tertiary/aromatic N) is 3. The molecular formula is C65H48IrN3. The van der Waals surface area contributed by atoms with Crippen LogP contribution in [0.2, 0.25) is 0 Å². The Hall–Kier alpha value is -7.36. The van der Waals surface area contributed by atoms with Crippen LogP contribution in [0.5, 0.6) is 0 Å². The van der Waals surface area contributed by atoms with Crippen LogP contribution in [0.3, 0.4) is 0 Å². The van der Waals surface area contributed by atoms with Crippen LogP contribution in [0.4, 0.5) is 0 Å². The van der Waals surface area contributed by atoms with Gasteiger partial charge in [0.15, 0.2) is 0 Å². The third-order valence-electron chi connectivity index (χ3n) is 13.9. The van der Waals surface area contributed by atoms with Gasteiger partial charge in [-0.1, -0.05) is 163 Å². The summed E-state index contributed by atoms with van der Waals surface area (Å²) in [4.78, 5) is 14.2. The Bertz CT molecular complexity index is 3330. The molecule has 0 radical (unpaired) electrons. The molecule has 3 aromatic heterocycles. The standard InChI is InChI=1S/C65H48N3.Ir/c1-2-8-48(9-3-1)49-20-22-50(23-21-49)55-34-37-66-63(43-55)52-26-24-51(25-27-52)59-12-4-5-13-60(59)58-41-46(16-14-44-18-32-61-56(39-44)30-28-53-10-6-35-67-64(53)61)38-47(42-58)17-15-45-19-33-62-57(40-45)31-29-54-11-7-36-68-65(54)62;/h1-13,18-26,34-43H,14-17,28-31H2;/q-3;+3. The molecule has 0 bridgehead atoms. The van der Waals surface area contributed by atoms with Gasteiger partial charge in [-0.05, 0) is 105 Å². The van der Waals surface area contributed by atoms with Gasteiger partial charge in [0.05, 0.1) is 0 Å². The molecule has 0 saturated carbocycles. The largest absolute Gasteiger partial charge is 3.00 e. The molecule has 0 fully saturated rings. The molecule has 3 nitrogen and oxygen atoms in total. The second-order valence-corrected chi connectivity index (χ2v) is 18.3. The van der Waals surface area contributed by atoms with Crippen LogP contribution in [0, 0.1) is 18.2 Å². The average Bonchev–Trinajstić information content (AvgIpc) is 3.42. The molecule has 0 atom stereocenters. The maximum absolute atomic E-state index is 4.79. The summed E-state index contributed by atoms with van der Waals surface area (Å²) >= 11 is 0. The van der Waals surface area contributed by atoms with Crippen molar-refractivity contribution in [1.29, 1.82) is 0 Å². The first kappa shape index (κ1) is 44.2. The number of fused-ring (bicyclic) bond motifs is 6. The Labute approximate surface area is 419 Å². The molecule has 69 heavy (non-hydrogen) atoms. The second-order valence-electron chi connectivity index (χ2n) is 18.3. The van der Waals surface area contributed by atoms with Crippen LogP contribution >= 0.6 is 0 Å². The van der Waals surface area contributed by atoms with Crippen molar-refractivity contribution >= 4 is 0 Å². The van der Waals surface area contributed by atoms with E-state index in [2.05, 4.69) is 182 Å². The molecule has 3 heterocycles. The predicted molar refractivity (Wildman–Crippen MR) is 277 cm³/mol. The fourth-order valence-corrected chi connectivity index (χ4v) is 10.3. The van der Waals surface area contributed by atoms with Gasteiger partial charge in [0.2, 0.25) is 0 Å². The third-order valence-corrected chi connectivity index (χ3v) is 13.9. The summed E-state index contributed by atoms with van der Waals surface area (Å²) in [5.74, 6) is 0. The number of hydrogen-bond donors (Lipinski definition) is 0. The minimum absolute atomic E-state index is 0. The maximum Gasteiger partial charge on any atom is 3.00 e. The smallest absolute Gasteiger partial charge is 0.305 e. The molecule has 0 unspecified atom stereocenters. The van der Waals surface area contributed by atoms with Crippen molar-refractivity contribution in [2.75, 3.05) is 0 Å². The van der Waals surface area contributed by atoms with Crippen molar-refractivity contribution in [2.24, 2.45) is 0 Å². The number of hydrogen-bond acceptors (Lipinski definition) is 3. The first-order chi connectivity index (χ1) is 33.6. The summed E-state index contributed by atoms with van der Waals surface area (Å²) in [5, 5.41) is 0. The SMILES string of the molecule is [Ir+3].[c-]1cc(-c2ccccc2-c2cc(CCc3c[c-]c4c(c3)CCc3cccnc3-4)cc(CCc3c[c-]c4c(c3)CCc3cccnc3-4)c2)ccc1-c1cc(-c2ccc(-c3ccccc3)cc2)ccn1. The summed E-state index contributed by atoms with van der Waals surface area (Å²) in [7, 11) is 0. The molecule has 0 saturated heterocycles. The van der Waals surface area contributed by atoms with Crippen LogP contribution in [-0.2, 0) is 71.5 Å². The van der Waals surface area contributed by atoms with E-state index in [1.54, 1.807) is 0 Å². The van der Waals surface area contributed by atoms with Crippen molar-refractivity contribution in [3.8, 4) is 78.3 Å². The Morgan fingerprint density at radius 3 is 1.46 bits per heavy atom. The first-order valence-corrected chi connectivity index (χ1v) is 24.0. The van der Waals surface area contributed by atoms with E-state index in [4.69, 9.17) is 15.0 Å². The Balaban J connectivity index is 0.00000520. The molecule has 7 aromatic carbocycles. The minimum atomic E-state index is 0. The number of aryl methyl sites for hydroxylation is 8. The zero-order chi connectivity index (χ0) is 45.2. The van der Waals surface area contributed by atoms with Gasteiger partial charge in [-0.25, -0.2) is 0 Å². The molecule has 0 aliphatic heterocycles. The van der Waals surface area contributed by atoms with Gasteiger partial charge in [-0.2, -0.15) is 0 Å². The van der Waals surface area contributed by atoms with Crippen molar-refractivity contribution in [3.63, 3.8) is 0 Å². The maximum atomic E-state index is 4.79. The van der Waals surface area contributed by atoms with E-state index in [1.165, 1.54) is 72.3 Å². The summed E-state index contributed by atoms with van der Waals surface area (Å²) in [5.41, 5.74) is 26.6. The molecule has 2 aliphatic carbocycles. The van der Waals surface area contributed by atoms with Crippen molar-refractivity contribution < 1.29 is 20.1 Å². The van der Waals surface area contributed by atoms with Crippen LogP contribution in [0.15, 0.2) is 195 Å². The normalized spacial score (nSPS) is 12.2. The Morgan fingerprint density at radius 2 is 0.870 bits per heavy atom. The van der Waals surface area contributed by atoms with Gasteiger partial charge in [0.25, 0.3) is 0 Å². The van der Waals surface area contributed by atoms with Gasteiger partial charge in [-0.3, -0.25) is 0 Å². The number of benzene rings is 7. The summed E-state index contributed by atoms with van der Waals surface area (Å²) in [6, 6.07) is 74.7.